The molecule has 5 N–H and O–H groups in total. The van der Waals surface area contributed by atoms with Gasteiger partial charge in [0, 0.05) is 19.6 Å². The van der Waals surface area contributed by atoms with Gasteiger partial charge in [-0.2, -0.15) is 0 Å². The van der Waals surface area contributed by atoms with E-state index >= 15 is 0 Å². The van der Waals surface area contributed by atoms with Crippen LogP contribution in [0.15, 0.2) is 24.3 Å². The number of carbonyl (C=O) groups excluding carboxylic acids is 1. The summed E-state index contributed by atoms with van der Waals surface area (Å²) in [5.74, 6) is -5.21. The maximum absolute atomic E-state index is 13.3. The summed E-state index contributed by atoms with van der Waals surface area (Å²) in [5.41, 5.74) is -1.68. The van der Waals surface area contributed by atoms with E-state index < -0.39 is 36.4 Å². The summed E-state index contributed by atoms with van der Waals surface area (Å²) in [5, 5.41) is 36.9. The Morgan fingerprint density at radius 2 is 1.51 bits per heavy atom. The van der Waals surface area contributed by atoms with Gasteiger partial charge in [0.25, 0.3) is 0 Å². The van der Waals surface area contributed by atoms with Crippen LogP contribution in [0.1, 0.15) is 51.1 Å². The Kier molecular flexibility index (Phi) is 12.2. The number of nitrogens with zero attached hydrogens (tertiary/aromatic N) is 2. The van der Waals surface area contributed by atoms with Crippen LogP contribution < -0.4 is 5.32 Å². The molecule has 0 radical (unpaired) electrons. The number of hydrogen-bond donors (Lipinski definition) is 5. The van der Waals surface area contributed by atoms with Crippen LogP contribution in [0.25, 0.3) is 0 Å². The molecule has 3 rings (SSSR count). The largest absolute Gasteiger partial charge is 0.481 e. The van der Waals surface area contributed by atoms with Crippen molar-refractivity contribution >= 4 is 23.8 Å². The van der Waals surface area contributed by atoms with Gasteiger partial charge >= 0.3 is 17.9 Å². The van der Waals surface area contributed by atoms with Crippen molar-refractivity contribution in [2.75, 3.05) is 39.3 Å². The fourth-order valence-corrected chi connectivity index (χ4v) is 4.79. The predicted molar refractivity (Wildman–Crippen MR) is 136 cm³/mol. The van der Waals surface area contributed by atoms with E-state index in [4.69, 9.17) is 25.2 Å². The first kappa shape index (κ1) is 32.1. The third-order valence-corrected chi connectivity index (χ3v) is 6.48. The van der Waals surface area contributed by atoms with Crippen molar-refractivity contribution in [3.63, 3.8) is 0 Å². The van der Waals surface area contributed by atoms with E-state index in [1.807, 2.05) is 26.0 Å². The van der Waals surface area contributed by atoms with Gasteiger partial charge in [0.05, 0.1) is 37.6 Å². The molecule has 0 aliphatic carbocycles. The Morgan fingerprint density at radius 1 is 1.00 bits per heavy atom. The molecule has 2 heterocycles. The van der Waals surface area contributed by atoms with Gasteiger partial charge in [0.1, 0.15) is 5.82 Å². The number of carboxylic acids is 3. The number of halogens is 1. The van der Waals surface area contributed by atoms with E-state index in [0.717, 1.165) is 31.7 Å². The Labute approximate surface area is 226 Å². The number of carboxylic acid groups (broad SMARTS) is 3. The highest BCUT2D eigenvalue weighted by atomic mass is 19.1. The first-order valence-corrected chi connectivity index (χ1v) is 12.8. The fraction of sp³-hybridized carbons (Fsp3) is 0.615. The summed E-state index contributed by atoms with van der Waals surface area (Å²) in [4.78, 5) is 47.5. The van der Waals surface area contributed by atoms with Crippen LogP contribution in [0.3, 0.4) is 0 Å². The van der Waals surface area contributed by atoms with Crippen LogP contribution in [0.5, 0.6) is 0 Å². The summed E-state index contributed by atoms with van der Waals surface area (Å²) in [6.45, 7) is 8.65. The van der Waals surface area contributed by atoms with Gasteiger partial charge in [-0.15, -0.1) is 0 Å². The number of benzene rings is 1. The lowest BCUT2D eigenvalue weighted by Gasteiger charge is -2.35. The third kappa shape index (κ3) is 10.9. The van der Waals surface area contributed by atoms with Crippen molar-refractivity contribution in [1.29, 1.82) is 0 Å². The molecule has 0 saturated carbocycles. The minimum atomic E-state index is -2.74. The van der Waals surface area contributed by atoms with Gasteiger partial charge in [-0.1, -0.05) is 12.1 Å². The highest BCUT2D eigenvalue weighted by Gasteiger charge is 2.40. The van der Waals surface area contributed by atoms with E-state index in [0.29, 0.717) is 13.1 Å². The highest BCUT2D eigenvalue weighted by Crippen LogP contribution is 2.25. The molecule has 218 valence electrons. The summed E-state index contributed by atoms with van der Waals surface area (Å²) in [6.07, 6.45) is 0.374. The van der Waals surface area contributed by atoms with Gasteiger partial charge in [0.2, 0.25) is 5.91 Å². The van der Waals surface area contributed by atoms with Crippen LogP contribution in [-0.4, -0.2) is 111 Å². The van der Waals surface area contributed by atoms with Crippen molar-refractivity contribution in [2.45, 2.75) is 63.4 Å². The average Bonchev–Trinajstić information content (AvgIpc) is 3.33. The molecule has 2 saturated heterocycles. The average molecular weight is 556 g/mol. The van der Waals surface area contributed by atoms with Crippen molar-refractivity contribution in [3.05, 3.63) is 35.6 Å². The van der Waals surface area contributed by atoms with Gasteiger partial charge in [0.15, 0.2) is 5.60 Å². The van der Waals surface area contributed by atoms with Crippen LogP contribution in [-0.2, 0) is 23.9 Å². The predicted octanol–water partition coefficient (Wildman–Crippen LogP) is 0.940. The molecule has 39 heavy (non-hydrogen) atoms. The molecule has 1 amide bonds. The molecule has 2 fully saturated rings. The quantitative estimate of drug-likeness (QED) is 0.263. The first-order valence-electron chi connectivity index (χ1n) is 12.8. The smallest absolute Gasteiger partial charge is 0.336 e. The summed E-state index contributed by atoms with van der Waals surface area (Å²) in [6, 6.07) is 6.75. The van der Waals surface area contributed by atoms with Crippen LogP contribution in [0, 0.1) is 5.82 Å². The zero-order chi connectivity index (χ0) is 29.2. The SMILES string of the molecule is CC1CN(CC(=O)NCC(c2ccc(F)cc2)N2CCCC2)CC(C)O1.O=C(O)CC(O)(CC(=O)O)C(=O)O. The molecule has 13 heteroatoms. The molecule has 2 aliphatic rings. The summed E-state index contributed by atoms with van der Waals surface area (Å²) >= 11 is 0. The maximum atomic E-state index is 13.3. The Bertz CT molecular complexity index is 959. The molecule has 3 atom stereocenters. The minimum absolute atomic E-state index is 0.0395. The Hall–Kier alpha value is -3.13. The normalized spacial score (nSPS) is 20.9. The topological polar surface area (TPSA) is 177 Å². The fourth-order valence-electron chi connectivity index (χ4n) is 4.79. The highest BCUT2D eigenvalue weighted by molar-refractivity contribution is 5.88. The number of morpholine rings is 1. The van der Waals surface area contributed by atoms with Crippen LogP contribution >= 0.6 is 0 Å². The number of carbonyl (C=O) groups is 4. The van der Waals surface area contributed by atoms with E-state index in [1.54, 1.807) is 0 Å². The molecule has 2 aliphatic heterocycles. The van der Waals surface area contributed by atoms with Crippen molar-refractivity contribution in [2.24, 2.45) is 0 Å². The van der Waals surface area contributed by atoms with E-state index in [-0.39, 0.29) is 30.0 Å². The molecular formula is C26H38FN3O9. The van der Waals surface area contributed by atoms with Gasteiger partial charge in [-0.05, 0) is 57.5 Å². The monoisotopic (exact) mass is 555 g/mol. The molecular weight excluding hydrogens is 517 g/mol. The van der Waals surface area contributed by atoms with E-state index in [9.17, 15) is 23.6 Å². The maximum Gasteiger partial charge on any atom is 0.336 e. The molecule has 0 bridgehead atoms. The Balaban J connectivity index is 0.000000349. The second-order valence-electron chi connectivity index (χ2n) is 10.0. The van der Waals surface area contributed by atoms with Crippen molar-refractivity contribution in [1.82, 2.24) is 15.1 Å². The minimum Gasteiger partial charge on any atom is -0.481 e. The molecule has 1 aromatic rings. The van der Waals surface area contributed by atoms with E-state index in [1.165, 1.54) is 25.0 Å². The molecule has 12 nitrogen and oxygen atoms in total. The number of amides is 1. The lowest BCUT2D eigenvalue weighted by atomic mass is 9.96. The second-order valence-corrected chi connectivity index (χ2v) is 10.0. The van der Waals surface area contributed by atoms with E-state index in [2.05, 4.69) is 15.1 Å². The molecule has 0 spiro atoms. The number of nitrogens with one attached hydrogen (secondary N) is 1. The number of ether oxygens (including phenoxy) is 1. The molecule has 0 aromatic heterocycles. The van der Waals surface area contributed by atoms with Crippen molar-refractivity contribution < 1.29 is 48.7 Å². The number of aliphatic hydroxyl groups is 1. The Morgan fingerprint density at radius 3 is 1.97 bits per heavy atom. The summed E-state index contributed by atoms with van der Waals surface area (Å²) in [7, 11) is 0. The van der Waals surface area contributed by atoms with Crippen LogP contribution in [0.2, 0.25) is 0 Å². The standard InChI is InChI=1S/C20H30FN3O2.C6H8O7/c1-15-12-23(13-16(2)26-15)14-20(25)22-11-19(24-9-3-4-10-24)17-5-7-18(21)8-6-17;7-3(8)1-6(13,5(11)12)2-4(9)10/h5-8,15-16,19H,3-4,9-14H2,1-2H3,(H,22,25);13H,1-2H2,(H,7,8)(H,9,10)(H,11,12). The van der Waals surface area contributed by atoms with Gasteiger partial charge < -0.3 is 30.5 Å². The summed E-state index contributed by atoms with van der Waals surface area (Å²) < 4.78 is 19.0. The number of likely N-dealkylation sites (tertiary alicyclic amines) is 1. The van der Waals surface area contributed by atoms with Gasteiger partial charge in [-0.3, -0.25) is 24.2 Å². The molecule has 3 unspecified atom stereocenters. The molecule has 1 aromatic carbocycles. The number of aliphatic carboxylic acids is 3. The zero-order valence-corrected chi connectivity index (χ0v) is 22.2. The lowest BCUT2D eigenvalue weighted by molar-refractivity contribution is -0.170. The lowest BCUT2D eigenvalue weighted by Crippen LogP contribution is -2.49. The van der Waals surface area contributed by atoms with Gasteiger partial charge in [-0.25, -0.2) is 9.18 Å². The van der Waals surface area contributed by atoms with Crippen LogP contribution in [0.4, 0.5) is 4.39 Å². The first-order chi connectivity index (χ1) is 18.3. The second kappa shape index (κ2) is 14.9. The van der Waals surface area contributed by atoms with Crippen molar-refractivity contribution in [3.8, 4) is 0 Å². The number of rotatable bonds is 11. The zero-order valence-electron chi connectivity index (χ0n) is 22.2. The number of hydrogen-bond acceptors (Lipinski definition) is 8. The third-order valence-electron chi connectivity index (χ3n) is 6.48.